The van der Waals surface area contributed by atoms with Gasteiger partial charge in [-0.05, 0) is 59.9 Å². The second kappa shape index (κ2) is 8.33. The minimum Gasteiger partial charge on any atom is -0.450 e. The first-order valence-electron chi connectivity index (χ1n) is 8.29. The van der Waals surface area contributed by atoms with Crippen molar-refractivity contribution in [2.24, 2.45) is 4.99 Å². The van der Waals surface area contributed by atoms with E-state index < -0.39 is 4.92 Å². The Morgan fingerprint density at radius 2 is 2.00 bits per heavy atom. The molecule has 0 radical (unpaired) electrons. The number of hydrogen-bond donors (Lipinski definition) is 1. The van der Waals surface area contributed by atoms with Gasteiger partial charge in [-0.2, -0.15) is 0 Å². The molecule has 1 saturated heterocycles. The molecule has 8 nitrogen and oxygen atoms in total. The van der Waals surface area contributed by atoms with Gasteiger partial charge in [0.25, 0.3) is 11.6 Å². The number of furan rings is 1. The Labute approximate surface area is 173 Å². The number of nitro benzene ring substituents is 1. The van der Waals surface area contributed by atoms with E-state index >= 15 is 0 Å². The highest BCUT2D eigenvalue weighted by Gasteiger charge is 2.24. The van der Waals surface area contributed by atoms with Crippen LogP contribution < -0.4 is 5.32 Å². The number of rotatable bonds is 5. The molecule has 0 unspecified atom stereocenters. The van der Waals surface area contributed by atoms with Crippen LogP contribution in [0.25, 0.3) is 6.08 Å². The maximum atomic E-state index is 12.2. The Kier molecular flexibility index (Phi) is 5.45. The van der Waals surface area contributed by atoms with Gasteiger partial charge in [0, 0.05) is 24.4 Å². The lowest BCUT2D eigenvalue weighted by Crippen LogP contribution is -2.19. The molecule has 0 spiro atoms. The number of amidine groups is 1. The number of carbonyl (C=O) groups is 1. The van der Waals surface area contributed by atoms with E-state index in [0.29, 0.717) is 26.6 Å². The molecule has 1 aromatic carbocycles. The van der Waals surface area contributed by atoms with Gasteiger partial charge in [0.05, 0.1) is 15.5 Å². The van der Waals surface area contributed by atoms with E-state index in [1.807, 2.05) is 24.3 Å². The van der Waals surface area contributed by atoms with Crippen molar-refractivity contribution in [1.82, 2.24) is 10.3 Å². The minimum absolute atomic E-state index is 0.0187. The normalized spacial score (nSPS) is 16.3. The molecule has 0 bridgehead atoms. The molecule has 10 heteroatoms. The summed E-state index contributed by atoms with van der Waals surface area (Å²) in [6, 6.07) is 15.0. The molecular weight excluding hydrogens is 412 g/mol. The minimum atomic E-state index is -0.479. The number of aromatic nitrogens is 1. The zero-order valence-corrected chi connectivity index (χ0v) is 16.3. The molecule has 1 fully saturated rings. The summed E-state index contributed by atoms with van der Waals surface area (Å²) in [6.07, 6.45) is 3.35. The molecule has 0 atom stereocenters. The zero-order valence-electron chi connectivity index (χ0n) is 14.6. The second-order valence-electron chi connectivity index (χ2n) is 5.68. The molecule has 0 saturated carbocycles. The average molecular weight is 424 g/mol. The zero-order chi connectivity index (χ0) is 20.2. The number of nitro groups is 1. The number of amides is 1. The van der Waals surface area contributed by atoms with E-state index in [1.165, 1.54) is 47.8 Å². The highest BCUT2D eigenvalue weighted by Crippen LogP contribution is 2.31. The molecular formula is C19H12N4O4S2. The monoisotopic (exact) mass is 424 g/mol. The van der Waals surface area contributed by atoms with Crippen molar-refractivity contribution < 1.29 is 14.1 Å². The Morgan fingerprint density at radius 3 is 2.72 bits per heavy atom. The SMILES string of the molecule is O=C1NC(=Nc2ccc([N+](=O)[O-])cc2)S/C1=C\c1ccc(Sc2ccccn2)o1. The second-order valence-corrected chi connectivity index (χ2v) is 7.74. The maximum absolute atomic E-state index is 12.2. The number of nitrogens with zero attached hydrogens (tertiary/aromatic N) is 3. The Hall–Kier alpha value is -3.37. The van der Waals surface area contributed by atoms with E-state index in [1.54, 1.807) is 18.3 Å². The molecule has 29 heavy (non-hydrogen) atoms. The number of pyridine rings is 1. The lowest BCUT2D eigenvalue weighted by Gasteiger charge is -1.96. The lowest BCUT2D eigenvalue weighted by molar-refractivity contribution is -0.384. The van der Waals surface area contributed by atoms with Crippen molar-refractivity contribution >= 4 is 52.0 Å². The molecule has 1 N–H and O–H groups in total. The fraction of sp³-hybridized carbons (Fsp3) is 0. The van der Waals surface area contributed by atoms with Crippen LogP contribution in [0.2, 0.25) is 0 Å². The Balaban J connectivity index is 1.46. The summed E-state index contributed by atoms with van der Waals surface area (Å²) in [6.45, 7) is 0. The van der Waals surface area contributed by atoms with Crippen LogP contribution in [0.5, 0.6) is 0 Å². The van der Waals surface area contributed by atoms with Crippen LogP contribution in [0.15, 0.2) is 85.2 Å². The van der Waals surface area contributed by atoms with Crippen LogP contribution in [0, 0.1) is 10.1 Å². The first-order valence-corrected chi connectivity index (χ1v) is 9.93. The maximum Gasteiger partial charge on any atom is 0.269 e. The fourth-order valence-electron chi connectivity index (χ4n) is 2.35. The quantitative estimate of drug-likeness (QED) is 0.361. The number of aliphatic imine (C=N–C) groups is 1. The van der Waals surface area contributed by atoms with Gasteiger partial charge in [0.1, 0.15) is 10.8 Å². The standard InChI is InChI=1S/C19H12N4O4S2/c24-18-15(11-14-8-9-17(27-14)29-16-3-1-2-10-20-16)28-19(22-18)21-12-4-6-13(7-5-12)23(25)26/h1-11H,(H,21,22,24)/b15-11-. The van der Waals surface area contributed by atoms with E-state index in [-0.39, 0.29) is 11.6 Å². The van der Waals surface area contributed by atoms with E-state index in [9.17, 15) is 14.9 Å². The summed E-state index contributed by atoms with van der Waals surface area (Å²) in [5, 5.41) is 15.2. The van der Waals surface area contributed by atoms with Crippen molar-refractivity contribution in [2.75, 3.05) is 0 Å². The van der Waals surface area contributed by atoms with Crippen molar-refractivity contribution in [3.05, 3.63) is 81.6 Å². The largest absolute Gasteiger partial charge is 0.450 e. The van der Waals surface area contributed by atoms with Gasteiger partial charge < -0.3 is 9.73 Å². The Bertz CT molecular complexity index is 1120. The topological polar surface area (TPSA) is 111 Å². The van der Waals surface area contributed by atoms with E-state index in [0.717, 1.165) is 5.03 Å². The summed E-state index contributed by atoms with van der Waals surface area (Å²) >= 11 is 2.56. The Morgan fingerprint density at radius 1 is 1.17 bits per heavy atom. The first kappa shape index (κ1) is 19.0. The van der Waals surface area contributed by atoms with Crippen molar-refractivity contribution in [3.63, 3.8) is 0 Å². The number of hydrogen-bond acceptors (Lipinski definition) is 8. The predicted molar refractivity (Wildman–Crippen MR) is 111 cm³/mol. The third kappa shape index (κ3) is 4.73. The third-order valence-electron chi connectivity index (χ3n) is 3.66. The molecule has 3 aromatic rings. The number of carbonyl (C=O) groups excluding carboxylic acids is 1. The van der Waals surface area contributed by atoms with Gasteiger partial charge in [-0.1, -0.05) is 6.07 Å². The van der Waals surface area contributed by atoms with Crippen LogP contribution in [0.3, 0.4) is 0 Å². The smallest absolute Gasteiger partial charge is 0.269 e. The summed E-state index contributed by atoms with van der Waals surface area (Å²) < 4.78 is 5.74. The molecule has 4 rings (SSSR count). The van der Waals surface area contributed by atoms with Crippen LogP contribution in [0.1, 0.15) is 5.76 Å². The van der Waals surface area contributed by atoms with Crippen LogP contribution in [-0.4, -0.2) is 21.0 Å². The van der Waals surface area contributed by atoms with E-state index in [2.05, 4.69) is 15.3 Å². The van der Waals surface area contributed by atoms with Gasteiger partial charge in [-0.15, -0.1) is 0 Å². The van der Waals surface area contributed by atoms with Gasteiger partial charge >= 0.3 is 0 Å². The van der Waals surface area contributed by atoms with Gasteiger partial charge in [0.2, 0.25) is 0 Å². The molecule has 1 aliphatic rings. The molecule has 1 amide bonds. The molecule has 1 aliphatic heterocycles. The summed E-state index contributed by atoms with van der Waals surface area (Å²) in [7, 11) is 0. The van der Waals surface area contributed by atoms with Crippen molar-refractivity contribution in [3.8, 4) is 0 Å². The van der Waals surface area contributed by atoms with Crippen molar-refractivity contribution in [2.45, 2.75) is 10.1 Å². The van der Waals surface area contributed by atoms with E-state index in [4.69, 9.17) is 4.42 Å². The highest BCUT2D eigenvalue weighted by atomic mass is 32.2. The van der Waals surface area contributed by atoms with Crippen LogP contribution in [-0.2, 0) is 4.79 Å². The van der Waals surface area contributed by atoms with Crippen molar-refractivity contribution in [1.29, 1.82) is 0 Å². The number of benzene rings is 1. The van der Waals surface area contributed by atoms with Crippen LogP contribution >= 0.6 is 23.5 Å². The van der Waals surface area contributed by atoms with Gasteiger partial charge in [-0.25, -0.2) is 9.98 Å². The van der Waals surface area contributed by atoms with Gasteiger partial charge in [-0.3, -0.25) is 14.9 Å². The highest BCUT2D eigenvalue weighted by molar-refractivity contribution is 8.18. The molecule has 3 heterocycles. The number of nitrogens with one attached hydrogen (secondary N) is 1. The first-order chi connectivity index (χ1) is 14.1. The van der Waals surface area contributed by atoms with Crippen LogP contribution in [0.4, 0.5) is 11.4 Å². The number of non-ortho nitro benzene ring substituents is 1. The third-order valence-corrected chi connectivity index (χ3v) is 5.44. The average Bonchev–Trinajstić information content (AvgIpc) is 3.29. The molecule has 144 valence electrons. The summed E-state index contributed by atoms with van der Waals surface area (Å²) in [5.74, 6) is 0.253. The fourth-order valence-corrected chi connectivity index (χ4v) is 3.92. The predicted octanol–water partition coefficient (Wildman–Crippen LogP) is 4.63. The summed E-state index contributed by atoms with van der Waals surface area (Å²) in [4.78, 5) is 31.4. The lowest BCUT2D eigenvalue weighted by atomic mass is 10.3. The molecule has 2 aromatic heterocycles. The summed E-state index contributed by atoms with van der Waals surface area (Å²) in [5.41, 5.74) is 0.488. The number of thioether (sulfide) groups is 1. The van der Waals surface area contributed by atoms with Gasteiger partial charge in [0.15, 0.2) is 10.3 Å². The molecule has 0 aliphatic carbocycles.